The Morgan fingerprint density at radius 2 is 1.57 bits per heavy atom. The molecule has 0 amide bonds. The molecule has 0 aliphatic carbocycles. The number of piperazine rings is 1. The molecule has 0 spiro atoms. The standard InChI is InChI=1S/C22H29N3O2S/c1-15-6-7-18(26-4)14-20(15)24-8-10-25(11-9-24)22(28)23-19-12-16(2)17(3)13-21(19)27-5/h6-7,12-14H,8-11H2,1-5H3,(H,23,28). The number of nitrogens with one attached hydrogen (secondary N) is 1. The molecule has 3 rings (SSSR count). The number of anilines is 2. The van der Waals surface area contributed by atoms with E-state index in [2.05, 4.69) is 54.1 Å². The SMILES string of the molecule is COc1ccc(C)c(N2CCN(C(=S)Nc3cc(C)c(C)cc3OC)CC2)c1. The van der Waals surface area contributed by atoms with Crippen molar-refractivity contribution in [3.8, 4) is 11.5 Å². The molecule has 1 saturated heterocycles. The summed E-state index contributed by atoms with van der Waals surface area (Å²) in [5.41, 5.74) is 5.82. The van der Waals surface area contributed by atoms with E-state index < -0.39 is 0 Å². The molecule has 1 aliphatic heterocycles. The molecule has 1 fully saturated rings. The summed E-state index contributed by atoms with van der Waals surface area (Å²) in [6.45, 7) is 9.89. The van der Waals surface area contributed by atoms with Gasteiger partial charge in [0.25, 0.3) is 0 Å². The molecule has 0 bridgehead atoms. The van der Waals surface area contributed by atoms with E-state index in [4.69, 9.17) is 21.7 Å². The molecule has 2 aromatic carbocycles. The Kier molecular flexibility index (Phi) is 6.29. The molecule has 1 heterocycles. The predicted molar refractivity (Wildman–Crippen MR) is 120 cm³/mol. The van der Waals surface area contributed by atoms with Gasteiger partial charge in [-0.3, -0.25) is 0 Å². The Labute approximate surface area is 173 Å². The van der Waals surface area contributed by atoms with Crippen LogP contribution in [0.3, 0.4) is 0 Å². The monoisotopic (exact) mass is 399 g/mol. The fourth-order valence-corrected chi connectivity index (χ4v) is 3.75. The van der Waals surface area contributed by atoms with Crippen molar-refractivity contribution in [2.24, 2.45) is 0 Å². The number of thiocarbonyl (C=S) groups is 1. The van der Waals surface area contributed by atoms with Gasteiger partial charge in [0, 0.05) is 37.9 Å². The third-order valence-corrected chi connectivity index (χ3v) is 5.74. The molecule has 1 aliphatic rings. The minimum atomic E-state index is 0.739. The van der Waals surface area contributed by atoms with Crippen LogP contribution in [-0.2, 0) is 0 Å². The highest BCUT2D eigenvalue weighted by Gasteiger charge is 2.21. The molecule has 0 radical (unpaired) electrons. The zero-order valence-electron chi connectivity index (χ0n) is 17.3. The van der Waals surface area contributed by atoms with Crippen LogP contribution in [0.5, 0.6) is 11.5 Å². The number of hydrogen-bond donors (Lipinski definition) is 1. The minimum absolute atomic E-state index is 0.739. The van der Waals surface area contributed by atoms with Crippen LogP contribution in [0, 0.1) is 20.8 Å². The van der Waals surface area contributed by atoms with Crippen LogP contribution >= 0.6 is 12.2 Å². The molecule has 5 nitrogen and oxygen atoms in total. The number of rotatable bonds is 4. The summed E-state index contributed by atoms with van der Waals surface area (Å²) in [7, 11) is 3.39. The molecule has 0 aromatic heterocycles. The lowest BCUT2D eigenvalue weighted by atomic mass is 10.1. The summed E-state index contributed by atoms with van der Waals surface area (Å²) in [6.07, 6.45) is 0. The van der Waals surface area contributed by atoms with Crippen molar-refractivity contribution in [1.82, 2.24) is 4.90 Å². The number of benzene rings is 2. The number of ether oxygens (including phenoxy) is 2. The molecule has 6 heteroatoms. The van der Waals surface area contributed by atoms with Crippen LogP contribution in [0.25, 0.3) is 0 Å². The molecule has 0 unspecified atom stereocenters. The second-order valence-electron chi connectivity index (χ2n) is 7.19. The van der Waals surface area contributed by atoms with Gasteiger partial charge in [-0.25, -0.2) is 0 Å². The maximum Gasteiger partial charge on any atom is 0.173 e. The molecule has 28 heavy (non-hydrogen) atoms. The average molecular weight is 400 g/mol. The summed E-state index contributed by atoms with van der Waals surface area (Å²) in [5, 5.41) is 4.12. The Balaban J connectivity index is 1.65. The lowest BCUT2D eigenvalue weighted by Gasteiger charge is -2.38. The minimum Gasteiger partial charge on any atom is -0.497 e. The fourth-order valence-electron chi connectivity index (χ4n) is 3.46. The maximum atomic E-state index is 5.68. The summed E-state index contributed by atoms with van der Waals surface area (Å²) in [4.78, 5) is 4.61. The first-order chi connectivity index (χ1) is 13.4. The highest BCUT2D eigenvalue weighted by molar-refractivity contribution is 7.80. The van der Waals surface area contributed by atoms with Gasteiger partial charge in [0.2, 0.25) is 0 Å². The quantitative estimate of drug-likeness (QED) is 0.779. The van der Waals surface area contributed by atoms with Crippen LogP contribution in [-0.4, -0.2) is 50.4 Å². The van der Waals surface area contributed by atoms with Crippen molar-refractivity contribution in [1.29, 1.82) is 0 Å². The average Bonchev–Trinajstić information content (AvgIpc) is 2.71. The molecule has 0 atom stereocenters. The molecule has 0 saturated carbocycles. The van der Waals surface area contributed by atoms with Crippen molar-refractivity contribution in [3.05, 3.63) is 47.0 Å². The van der Waals surface area contributed by atoms with Gasteiger partial charge in [0.15, 0.2) is 5.11 Å². The first-order valence-electron chi connectivity index (χ1n) is 9.53. The number of nitrogens with zero attached hydrogens (tertiary/aromatic N) is 2. The van der Waals surface area contributed by atoms with Gasteiger partial charge < -0.3 is 24.6 Å². The Hall–Kier alpha value is -2.47. The molecule has 1 N–H and O–H groups in total. The zero-order chi connectivity index (χ0) is 20.3. The number of methoxy groups -OCH3 is 2. The van der Waals surface area contributed by atoms with Gasteiger partial charge in [0.05, 0.1) is 19.9 Å². The number of hydrogen-bond acceptors (Lipinski definition) is 4. The number of aryl methyl sites for hydroxylation is 3. The normalized spacial score (nSPS) is 14.0. The highest BCUT2D eigenvalue weighted by atomic mass is 32.1. The first-order valence-corrected chi connectivity index (χ1v) is 9.94. The van der Waals surface area contributed by atoms with Crippen LogP contribution in [0.1, 0.15) is 16.7 Å². The van der Waals surface area contributed by atoms with Crippen LogP contribution in [0.2, 0.25) is 0 Å². The van der Waals surface area contributed by atoms with Gasteiger partial charge in [-0.2, -0.15) is 0 Å². The van der Waals surface area contributed by atoms with E-state index in [1.54, 1.807) is 14.2 Å². The van der Waals surface area contributed by atoms with Crippen molar-refractivity contribution >= 4 is 28.7 Å². The Morgan fingerprint density at radius 1 is 0.893 bits per heavy atom. The van der Waals surface area contributed by atoms with Gasteiger partial charge in [-0.15, -0.1) is 0 Å². The highest BCUT2D eigenvalue weighted by Crippen LogP contribution is 2.29. The van der Waals surface area contributed by atoms with Gasteiger partial charge in [0.1, 0.15) is 11.5 Å². The third kappa shape index (κ3) is 4.33. The topological polar surface area (TPSA) is 37.0 Å². The summed E-state index contributed by atoms with van der Waals surface area (Å²) in [6, 6.07) is 10.4. The van der Waals surface area contributed by atoms with Gasteiger partial charge in [-0.05, 0) is 67.9 Å². The van der Waals surface area contributed by atoms with Crippen molar-refractivity contribution in [2.45, 2.75) is 20.8 Å². The van der Waals surface area contributed by atoms with Crippen LogP contribution in [0.15, 0.2) is 30.3 Å². The van der Waals surface area contributed by atoms with Crippen molar-refractivity contribution in [3.63, 3.8) is 0 Å². The Morgan fingerprint density at radius 3 is 2.21 bits per heavy atom. The molecule has 150 valence electrons. The van der Waals surface area contributed by atoms with Crippen LogP contribution < -0.4 is 19.7 Å². The Bertz CT molecular complexity index is 861. The lowest BCUT2D eigenvalue weighted by molar-refractivity contribution is 0.388. The second kappa shape index (κ2) is 8.69. The van der Waals surface area contributed by atoms with E-state index >= 15 is 0 Å². The van der Waals surface area contributed by atoms with E-state index in [1.165, 1.54) is 22.4 Å². The third-order valence-electron chi connectivity index (χ3n) is 5.38. The maximum absolute atomic E-state index is 5.68. The van der Waals surface area contributed by atoms with E-state index in [9.17, 15) is 0 Å². The van der Waals surface area contributed by atoms with Gasteiger partial charge in [-0.1, -0.05) is 6.07 Å². The smallest absolute Gasteiger partial charge is 0.173 e. The molecular weight excluding hydrogens is 370 g/mol. The van der Waals surface area contributed by atoms with Crippen LogP contribution in [0.4, 0.5) is 11.4 Å². The lowest BCUT2D eigenvalue weighted by Crippen LogP contribution is -2.50. The summed E-state index contributed by atoms with van der Waals surface area (Å²) in [5.74, 6) is 1.71. The van der Waals surface area contributed by atoms with Gasteiger partial charge >= 0.3 is 0 Å². The van der Waals surface area contributed by atoms with E-state index in [-0.39, 0.29) is 0 Å². The molecule has 2 aromatic rings. The molecular formula is C22H29N3O2S. The zero-order valence-corrected chi connectivity index (χ0v) is 18.2. The van der Waals surface area contributed by atoms with E-state index in [1.807, 2.05) is 12.1 Å². The second-order valence-corrected chi connectivity index (χ2v) is 7.58. The fraction of sp³-hybridized carbons (Fsp3) is 0.409. The van der Waals surface area contributed by atoms with Crippen molar-refractivity contribution < 1.29 is 9.47 Å². The first kappa shape index (κ1) is 20.3. The predicted octanol–water partition coefficient (Wildman–Crippen LogP) is 4.15. The largest absolute Gasteiger partial charge is 0.497 e. The van der Waals surface area contributed by atoms with E-state index in [0.29, 0.717) is 0 Å². The van der Waals surface area contributed by atoms with Crippen molar-refractivity contribution in [2.75, 3.05) is 50.6 Å². The van der Waals surface area contributed by atoms with E-state index in [0.717, 1.165) is 48.5 Å². The summed E-state index contributed by atoms with van der Waals surface area (Å²) >= 11 is 5.68. The summed E-state index contributed by atoms with van der Waals surface area (Å²) < 4.78 is 10.9.